The minimum Gasteiger partial charge on any atom is -0.0843 e. The van der Waals surface area contributed by atoms with E-state index in [0.717, 1.165) is 18.4 Å². The van der Waals surface area contributed by atoms with Crippen molar-refractivity contribution in [2.24, 2.45) is 0 Å². The van der Waals surface area contributed by atoms with Gasteiger partial charge >= 0.3 is 0 Å². The fraction of sp³-hybridized carbons (Fsp3) is 0.0857. The average molecular weight is 513 g/mol. The van der Waals surface area contributed by atoms with Crippen LogP contribution in [0.5, 0.6) is 0 Å². The van der Waals surface area contributed by atoms with Crippen molar-refractivity contribution in [2.75, 3.05) is 0 Å². The van der Waals surface area contributed by atoms with Gasteiger partial charge in [-0.05, 0) is 86.2 Å². The zero-order chi connectivity index (χ0) is 24.7. The Kier molecular flexibility index (Phi) is 4.48. The molecule has 0 aromatic heterocycles. The van der Waals surface area contributed by atoms with E-state index in [-0.39, 0.29) is 5.41 Å². The summed E-state index contributed by atoms with van der Waals surface area (Å²) in [6.07, 6.45) is 2.07. The fourth-order valence-corrected chi connectivity index (χ4v) is 7.78. The maximum absolute atomic E-state index is 6.85. The molecule has 3 aliphatic rings. The van der Waals surface area contributed by atoms with Crippen LogP contribution >= 0.6 is 23.2 Å². The Hall–Kier alpha value is -3.58. The second-order valence-electron chi connectivity index (χ2n) is 10.2. The number of benzene rings is 5. The van der Waals surface area contributed by atoms with Crippen LogP contribution in [0.4, 0.5) is 0 Å². The molecular weight excluding hydrogens is 491 g/mol. The number of hydrogen-bond donors (Lipinski definition) is 0. The molecule has 0 radical (unpaired) electrons. The van der Waals surface area contributed by atoms with Crippen LogP contribution < -0.4 is 0 Å². The molecule has 8 rings (SSSR count). The minimum absolute atomic E-state index is 0.305. The molecule has 0 heterocycles. The second kappa shape index (κ2) is 7.71. The molecule has 0 fully saturated rings. The molecule has 0 atom stereocenters. The van der Waals surface area contributed by atoms with Crippen molar-refractivity contribution >= 4 is 28.8 Å². The van der Waals surface area contributed by atoms with E-state index in [4.69, 9.17) is 23.2 Å². The molecule has 0 saturated heterocycles. The molecule has 0 N–H and O–H groups in total. The number of hydrogen-bond acceptors (Lipinski definition) is 0. The molecule has 5 aromatic carbocycles. The van der Waals surface area contributed by atoms with E-state index < -0.39 is 0 Å². The lowest BCUT2D eigenvalue weighted by Gasteiger charge is -2.34. The molecule has 0 nitrogen and oxygen atoms in total. The van der Waals surface area contributed by atoms with Gasteiger partial charge in [-0.2, -0.15) is 0 Å². The molecule has 0 aliphatic heterocycles. The first-order valence-electron chi connectivity index (χ1n) is 12.8. The van der Waals surface area contributed by atoms with Crippen LogP contribution in [0, 0.1) is 0 Å². The van der Waals surface area contributed by atoms with E-state index in [1.807, 2.05) is 12.1 Å². The Labute approximate surface area is 226 Å². The smallest absolute Gasteiger partial charge is 0.0689 e. The van der Waals surface area contributed by atoms with Gasteiger partial charge in [0.25, 0.3) is 0 Å². The minimum atomic E-state index is -0.305. The van der Waals surface area contributed by atoms with Crippen molar-refractivity contribution in [2.45, 2.75) is 18.3 Å². The van der Waals surface area contributed by atoms with E-state index in [2.05, 4.69) is 97.1 Å². The standard InChI is InChI=1S/C35H22Cl2/c36-22-17-18-26(32(37)20-22)27-12-7-15-30-34(27)33-23-9-2-1-8-21(23)16-19-31(33)35(30)28-13-5-3-10-24(28)25-11-4-6-14-29(25)35/h1-15,17-18,20H,16,19H2. The molecule has 3 aliphatic carbocycles. The molecular formula is C35H22Cl2. The highest BCUT2D eigenvalue weighted by Gasteiger charge is 2.54. The highest BCUT2D eigenvalue weighted by molar-refractivity contribution is 6.36. The van der Waals surface area contributed by atoms with Crippen molar-refractivity contribution in [3.8, 4) is 22.3 Å². The zero-order valence-electron chi connectivity index (χ0n) is 20.1. The highest BCUT2D eigenvalue weighted by atomic mass is 35.5. The van der Waals surface area contributed by atoms with Gasteiger partial charge in [0.2, 0.25) is 0 Å². The number of allylic oxidation sites excluding steroid dienone is 1. The van der Waals surface area contributed by atoms with Crippen LogP contribution in [0.25, 0.3) is 27.8 Å². The van der Waals surface area contributed by atoms with E-state index in [0.29, 0.717) is 10.0 Å². The number of aryl methyl sites for hydroxylation is 1. The number of rotatable bonds is 1. The maximum Gasteiger partial charge on any atom is 0.0689 e. The van der Waals surface area contributed by atoms with Gasteiger partial charge in [0.1, 0.15) is 0 Å². The van der Waals surface area contributed by atoms with Gasteiger partial charge in [0, 0.05) is 15.6 Å². The van der Waals surface area contributed by atoms with Crippen molar-refractivity contribution in [3.63, 3.8) is 0 Å². The Morgan fingerprint density at radius 1 is 0.514 bits per heavy atom. The van der Waals surface area contributed by atoms with Gasteiger partial charge in [-0.25, -0.2) is 0 Å². The van der Waals surface area contributed by atoms with Crippen LogP contribution in [0.2, 0.25) is 10.0 Å². The summed E-state index contributed by atoms with van der Waals surface area (Å²) in [6, 6.07) is 39.6. The topological polar surface area (TPSA) is 0 Å². The maximum atomic E-state index is 6.85. The lowest BCUT2D eigenvalue weighted by Crippen LogP contribution is -2.28. The Morgan fingerprint density at radius 3 is 1.86 bits per heavy atom. The first-order chi connectivity index (χ1) is 18.2. The molecule has 5 aromatic rings. The third-order valence-electron chi connectivity index (χ3n) is 8.58. The van der Waals surface area contributed by atoms with E-state index in [1.165, 1.54) is 61.2 Å². The number of halogens is 2. The van der Waals surface area contributed by atoms with Gasteiger partial charge in [0.05, 0.1) is 5.41 Å². The quantitative estimate of drug-likeness (QED) is 0.209. The third-order valence-corrected chi connectivity index (χ3v) is 9.13. The molecule has 0 amide bonds. The van der Waals surface area contributed by atoms with Crippen molar-refractivity contribution in [3.05, 3.63) is 158 Å². The van der Waals surface area contributed by atoms with Crippen LogP contribution in [0.3, 0.4) is 0 Å². The summed E-state index contributed by atoms with van der Waals surface area (Å²) in [4.78, 5) is 0. The predicted octanol–water partition coefficient (Wildman–Crippen LogP) is 9.74. The Bertz CT molecular complexity index is 1760. The lowest BCUT2D eigenvalue weighted by atomic mass is 9.67. The molecule has 1 spiro atoms. The largest absolute Gasteiger partial charge is 0.0843 e. The summed E-state index contributed by atoms with van der Waals surface area (Å²) >= 11 is 13.2. The van der Waals surface area contributed by atoms with E-state index in [1.54, 1.807) is 0 Å². The normalized spacial score (nSPS) is 15.7. The van der Waals surface area contributed by atoms with Gasteiger partial charge in [-0.15, -0.1) is 0 Å². The van der Waals surface area contributed by atoms with Crippen LogP contribution in [0.15, 0.2) is 115 Å². The third kappa shape index (κ3) is 2.70. The average Bonchev–Trinajstić information content (AvgIpc) is 3.41. The van der Waals surface area contributed by atoms with Crippen molar-refractivity contribution in [1.82, 2.24) is 0 Å². The molecule has 37 heavy (non-hydrogen) atoms. The first kappa shape index (κ1) is 21.5. The zero-order valence-corrected chi connectivity index (χ0v) is 21.6. The molecule has 0 bridgehead atoms. The summed E-state index contributed by atoms with van der Waals surface area (Å²) in [7, 11) is 0. The Balaban J connectivity index is 1.57. The van der Waals surface area contributed by atoms with Gasteiger partial charge in [-0.3, -0.25) is 0 Å². The number of fused-ring (bicyclic) bond motifs is 11. The van der Waals surface area contributed by atoms with E-state index in [9.17, 15) is 0 Å². The Morgan fingerprint density at radius 2 is 1.14 bits per heavy atom. The second-order valence-corrected chi connectivity index (χ2v) is 11.0. The van der Waals surface area contributed by atoms with Crippen LogP contribution in [0.1, 0.15) is 39.8 Å². The summed E-state index contributed by atoms with van der Waals surface area (Å²) < 4.78 is 0. The lowest BCUT2D eigenvalue weighted by molar-refractivity contribution is 0.706. The summed E-state index contributed by atoms with van der Waals surface area (Å²) in [5, 5.41) is 1.33. The first-order valence-corrected chi connectivity index (χ1v) is 13.6. The SMILES string of the molecule is Clc1ccc(-c2cccc3c2C2=C(CCc4ccccc42)C32c3ccccc3-c3ccccc32)c(Cl)c1. The van der Waals surface area contributed by atoms with Crippen molar-refractivity contribution < 1.29 is 0 Å². The highest BCUT2D eigenvalue weighted by Crippen LogP contribution is 2.65. The summed E-state index contributed by atoms with van der Waals surface area (Å²) in [5.41, 5.74) is 15.7. The predicted molar refractivity (Wildman–Crippen MR) is 154 cm³/mol. The molecule has 176 valence electrons. The summed E-state index contributed by atoms with van der Waals surface area (Å²) in [6.45, 7) is 0. The van der Waals surface area contributed by atoms with Crippen LogP contribution in [-0.4, -0.2) is 0 Å². The molecule has 0 saturated carbocycles. The van der Waals surface area contributed by atoms with Gasteiger partial charge in [-0.1, -0.05) is 120 Å². The molecule has 2 heteroatoms. The van der Waals surface area contributed by atoms with Gasteiger partial charge < -0.3 is 0 Å². The van der Waals surface area contributed by atoms with E-state index >= 15 is 0 Å². The van der Waals surface area contributed by atoms with Crippen LogP contribution in [-0.2, 0) is 11.8 Å². The summed E-state index contributed by atoms with van der Waals surface area (Å²) in [5.74, 6) is 0. The van der Waals surface area contributed by atoms with Gasteiger partial charge in [0.15, 0.2) is 0 Å². The monoisotopic (exact) mass is 512 g/mol. The molecule has 0 unspecified atom stereocenters. The van der Waals surface area contributed by atoms with Crippen molar-refractivity contribution in [1.29, 1.82) is 0 Å². The fourth-order valence-electron chi connectivity index (χ4n) is 7.27.